The molecule has 0 amide bonds. The molecular weight excluding hydrogens is 443 g/mol. The van der Waals surface area contributed by atoms with Gasteiger partial charge in [0.05, 0.1) is 29.7 Å². The number of nitro benzene ring substituents is 1. The first-order valence-electron chi connectivity index (χ1n) is 9.70. The molecule has 0 fully saturated rings. The van der Waals surface area contributed by atoms with Crippen LogP contribution in [0, 0.1) is 27.6 Å². The summed E-state index contributed by atoms with van der Waals surface area (Å²) in [7, 11) is 0. The average Bonchev–Trinajstić information content (AvgIpc) is 2.76. The fourth-order valence-corrected chi connectivity index (χ4v) is 3.09. The van der Waals surface area contributed by atoms with Gasteiger partial charge in [-0.3, -0.25) is 19.7 Å². The van der Waals surface area contributed by atoms with Gasteiger partial charge in [0.15, 0.2) is 29.0 Å². The molecule has 0 saturated carbocycles. The maximum Gasteiger partial charge on any atom is 0.295 e. The number of ketones is 1. The van der Waals surface area contributed by atoms with E-state index in [2.05, 4.69) is 0 Å². The first kappa shape index (κ1) is 23.5. The van der Waals surface area contributed by atoms with E-state index in [1.54, 1.807) is 0 Å². The molecule has 172 valence electrons. The van der Waals surface area contributed by atoms with Crippen LogP contribution >= 0.6 is 0 Å². The number of ether oxygens (including phenoxy) is 1. The van der Waals surface area contributed by atoms with Gasteiger partial charge in [0, 0.05) is 18.7 Å². The highest BCUT2D eigenvalue weighted by Gasteiger charge is 2.18. The van der Waals surface area contributed by atoms with Gasteiger partial charge in [0.25, 0.3) is 11.2 Å². The number of hydrogen-bond donors (Lipinski definition) is 1. The standard InChI is InChI=1S/C22H18F3N3O5/c23-15-6-5-13(9-16(15)24)12-27-7-1-3-14(22(27)30)20(29)4-2-8-33-21-11-18(26)19(28(31)32)10-17(21)25/h1,3,5-7,9-11H,2,4,8,12,26H2. The summed E-state index contributed by atoms with van der Waals surface area (Å²) in [6.45, 7) is -0.156. The minimum absolute atomic E-state index is 0.0545. The lowest BCUT2D eigenvalue weighted by Crippen LogP contribution is -2.26. The van der Waals surface area contributed by atoms with Gasteiger partial charge in [-0.25, -0.2) is 13.2 Å². The zero-order chi connectivity index (χ0) is 24.1. The lowest BCUT2D eigenvalue weighted by molar-refractivity contribution is -0.384. The molecule has 0 saturated heterocycles. The van der Waals surface area contributed by atoms with Crippen molar-refractivity contribution >= 4 is 17.2 Å². The number of anilines is 1. The lowest BCUT2D eigenvalue weighted by atomic mass is 10.1. The van der Waals surface area contributed by atoms with Gasteiger partial charge in [-0.2, -0.15) is 0 Å². The van der Waals surface area contributed by atoms with Crippen molar-refractivity contribution in [2.24, 2.45) is 0 Å². The molecule has 8 nitrogen and oxygen atoms in total. The highest BCUT2D eigenvalue weighted by molar-refractivity contribution is 5.95. The Bertz CT molecular complexity index is 1280. The zero-order valence-electron chi connectivity index (χ0n) is 17.1. The van der Waals surface area contributed by atoms with E-state index in [0.29, 0.717) is 11.6 Å². The molecule has 1 heterocycles. The monoisotopic (exact) mass is 461 g/mol. The zero-order valence-corrected chi connectivity index (χ0v) is 17.1. The van der Waals surface area contributed by atoms with Gasteiger partial charge in [-0.05, 0) is 36.2 Å². The number of aromatic nitrogens is 1. The van der Waals surface area contributed by atoms with Crippen LogP contribution < -0.4 is 16.0 Å². The minimum atomic E-state index is -1.04. The first-order valence-corrected chi connectivity index (χ1v) is 9.70. The molecule has 0 unspecified atom stereocenters. The predicted octanol–water partition coefficient (Wildman–Crippen LogP) is 3.85. The summed E-state index contributed by atoms with van der Waals surface area (Å²) in [5.74, 6) is -3.79. The third-order valence-corrected chi connectivity index (χ3v) is 4.74. The molecule has 3 aromatic rings. The van der Waals surface area contributed by atoms with Crippen molar-refractivity contribution in [2.75, 3.05) is 12.3 Å². The van der Waals surface area contributed by atoms with Crippen LogP contribution in [0.25, 0.3) is 0 Å². The van der Waals surface area contributed by atoms with Crippen molar-refractivity contribution in [3.8, 4) is 5.75 Å². The van der Waals surface area contributed by atoms with Crippen molar-refractivity contribution in [1.29, 1.82) is 0 Å². The second kappa shape index (κ2) is 9.98. The van der Waals surface area contributed by atoms with Crippen molar-refractivity contribution < 1.29 is 27.6 Å². The van der Waals surface area contributed by atoms with Gasteiger partial charge in [0.2, 0.25) is 0 Å². The molecule has 0 aliphatic carbocycles. The SMILES string of the molecule is Nc1cc(OCCCC(=O)c2cccn(Cc3ccc(F)c(F)c3)c2=O)c(F)cc1[N+](=O)[O-]. The number of rotatable bonds is 9. The summed E-state index contributed by atoms with van der Waals surface area (Å²) >= 11 is 0. The van der Waals surface area contributed by atoms with Gasteiger partial charge in [0.1, 0.15) is 5.69 Å². The number of carbonyl (C=O) groups excluding carboxylic acids is 1. The van der Waals surface area contributed by atoms with Crippen LogP contribution in [0.15, 0.2) is 53.5 Å². The average molecular weight is 461 g/mol. The van der Waals surface area contributed by atoms with Gasteiger partial charge >= 0.3 is 0 Å². The number of Topliss-reactive ketones (excluding diaryl/α,β-unsaturated/α-hetero) is 1. The number of benzene rings is 2. The summed E-state index contributed by atoms with van der Waals surface area (Å²) in [5, 5.41) is 10.8. The topological polar surface area (TPSA) is 117 Å². The fraction of sp³-hybridized carbons (Fsp3) is 0.182. The van der Waals surface area contributed by atoms with E-state index in [1.807, 2.05) is 0 Å². The van der Waals surface area contributed by atoms with Gasteiger partial charge < -0.3 is 15.0 Å². The van der Waals surface area contributed by atoms with Crippen LogP contribution in [-0.4, -0.2) is 21.9 Å². The Hall–Kier alpha value is -4.15. The second-order valence-electron chi connectivity index (χ2n) is 7.08. The smallest absolute Gasteiger partial charge is 0.295 e. The van der Waals surface area contributed by atoms with Crippen LogP contribution in [0.1, 0.15) is 28.8 Å². The second-order valence-corrected chi connectivity index (χ2v) is 7.08. The summed E-state index contributed by atoms with van der Waals surface area (Å²) in [4.78, 5) is 35.0. The summed E-state index contributed by atoms with van der Waals surface area (Å²) in [5.41, 5.74) is 4.31. The van der Waals surface area contributed by atoms with Crippen LogP contribution in [0.3, 0.4) is 0 Å². The number of nitro groups is 1. The number of nitrogens with two attached hydrogens (primary N) is 1. The molecule has 2 N–H and O–H groups in total. The molecule has 2 aromatic carbocycles. The Balaban J connectivity index is 1.61. The Morgan fingerprint density at radius 3 is 2.55 bits per heavy atom. The van der Waals surface area contributed by atoms with E-state index in [0.717, 1.165) is 18.2 Å². The van der Waals surface area contributed by atoms with Crippen LogP contribution in [0.5, 0.6) is 5.75 Å². The number of pyridine rings is 1. The third-order valence-electron chi connectivity index (χ3n) is 4.74. The van der Waals surface area contributed by atoms with Crippen molar-refractivity contribution in [2.45, 2.75) is 19.4 Å². The molecule has 0 aliphatic rings. The highest BCUT2D eigenvalue weighted by atomic mass is 19.2. The third kappa shape index (κ3) is 5.56. The highest BCUT2D eigenvalue weighted by Crippen LogP contribution is 2.29. The van der Waals surface area contributed by atoms with E-state index in [-0.39, 0.29) is 43.0 Å². The molecule has 0 atom stereocenters. The van der Waals surface area contributed by atoms with E-state index < -0.39 is 39.4 Å². The van der Waals surface area contributed by atoms with E-state index in [4.69, 9.17) is 10.5 Å². The quantitative estimate of drug-likeness (QED) is 0.170. The maximum atomic E-state index is 13.9. The maximum absolute atomic E-state index is 13.9. The summed E-state index contributed by atoms with van der Waals surface area (Å²) in [6, 6.07) is 7.73. The number of hydrogen-bond acceptors (Lipinski definition) is 6. The molecule has 3 rings (SSSR count). The Labute approximate surface area is 185 Å². The molecule has 1 aromatic heterocycles. The van der Waals surface area contributed by atoms with Gasteiger partial charge in [-0.15, -0.1) is 0 Å². The van der Waals surface area contributed by atoms with Gasteiger partial charge in [-0.1, -0.05) is 6.07 Å². The molecule has 0 bridgehead atoms. The summed E-state index contributed by atoms with van der Waals surface area (Å²) in [6.07, 6.45) is 1.46. The van der Waals surface area contributed by atoms with Crippen LogP contribution in [-0.2, 0) is 6.54 Å². The normalized spacial score (nSPS) is 10.8. The molecule has 11 heteroatoms. The number of nitrogens with zero attached hydrogens (tertiary/aromatic N) is 2. The molecule has 0 aliphatic heterocycles. The largest absolute Gasteiger partial charge is 0.490 e. The number of nitrogen functional groups attached to an aromatic ring is 1. The molecule has 0 radical (unpaired) electrons. The Kier molecular flexibility index (Phi) is 7.11. The van der Waals surface area contributed by atoms with Crippen LogP contribution in [0.2, 0.25) is 0 Å². The fourth-order valence-electron chi connectivity index (χ4n) is 3.09. The van der Waals surface area contributed by atoms with Crippen molar-refractivity contribution in [1.82, 2.24) is 4.57 Å². The van der Waals surface area contributed by atoms with E-state index in [1.165, 1.54) is 29.0 Å². The Morgan fingerprint density at radius 2 is 1.85 bits per heavy atom. The van der Waals surface area contributed by atoms with E-state index in [9.17, 15) is 32.9 Å². The number of carbonyl (C=O) groups is 1. The van der Waals surface area contributed by atoms with Crippen molar-refractivity contribution in [3.05, 3.63) is 97.7 Å². The molecule has 33 heavy (non-hydrogen) atoms. The lowest BCUT2D eigenvalue weighted by Gasteiger charge is -2.09. The number of halogens is 3. The predicted molar refractivity (Wildman–Crippen MR) is 113 cm³/mol. The van der Waals surface area contributed by atoms with Crippen molar-refractivity contribution in [3.63, 3.8) is 0 Å². The summed E-state index contributed by atoms with van der Waals surface area (Å²) < 4.78 is 46.8. The molecular formula is C22H18F3N3O5. The van der Waals surface area contributed by atoms with E-state index >= 15 is 0 Å². The minimum Gasteiger partial charge on any atom is -0.490 e. The van der Waals surface area contributed by atoms with Crippen LogP contribution in [0.4, 0.5) is 24.5 Å². The Morgan fingerprint density at radius 1 is 1.09 bits per heavy atom. The first-order chi connectivity index (χ1) is 15.7. The molecule has 0 spiro atoms.